The van der Waals surface area contributed by atoms with Crippen LogP contribution in [-0.4, -0.2) is 22.4 Å². The van der Waals surface area contributed by atoms with Crippen molar-refractivity contribution in [2.45, 2.75) is 25.7 Å². The highest BCUT2D eigenvalue weighted by Gasteiger charge is 2.36. The lowest BCUT2D eigenvalue weighted by Gasteiger charge is -2.25. The second kappa shape index (κ2) is 7.13. The Kier molecular flexibility index (Phi) is 4.92. The van der Waals surface area contributed by atoms with Crippen molar-refractivity contribution in [1.29, 1.82) is 0 Å². The number of hydrogen-bond acceptors (Lipinski definition) is 3. The summed E-state index contributed by atoms with van der Waals surface area (Å²) in [5.74, 6) is -1.46. The minimum atomic E-state index is -0.608. The van der Waals surface area contributed by atoms with Crippen molar-refractivity contribution in [2.75, 3.05) is 6.54 Å². The van der Waals surface area contributed by atoms with Gasteiger partial charge >= 0.3 is 0 Å². The van der Waals surface area contributed by atoms with E-state index in [0.29, 0.717) is 18.0 Å². The molecule has 1 unspecified atom stereocenters. The standard InChI is InChI=1S/C18H19F2N3O2/c1-10(13-5-4-12(19)8-15(13)20)14(11-2-3-11)9-22-18(25)17-21-7-6-16(24)23-17/h4-8,10-11,14H,2-3,9H2,1H3,(H,22,25)(H,21,23,24)/t10?,14-/m1/s1. The minimum absolute atomic E-state index is 0.0272. The van der Waals surface area contributed by atoms with Gasteiger partial charge in [0.05, 0.1) is 0 Å². The first-order valence-corrected chi connectivity index (χ1v) is 8.24. The van der Waals surface area contributed by atoms with E-state index in [9.17, 15) is 18.4 Å². The van der Waals surface area contributed by atoms with Gasteiger partial charge in [0.15, 0.2) is 5.82 Å². The average Bonchev–Trinajstić information content (AvgIpc) is 3.39. The number of aromatic nitrogens is 2. The van der Waals surface area contributed by atoms with Gasteiger partial charge < -0.3 is 10.3 Å². The summed E-state index contributed by atoms with van der Waals surface area (Å²) in [6.07, 6.45) is 3.31. The van der Waals surface area contributed by atoms with Crippen LogP contribution >= 0.6 is 0 Å². The van der Waals surface area contributed by atoms with Gasteiger partial charge in [0.2, 0.25) is 0 Å². The smallest absolute Gasteiger partial charge is 0.287 e. The molecule has 1 aromatic carbocycles. The molecule has 2 atom stereocenters. The molecule has 1 saturated carbocycles. The summed E-state index contributed by atoms with van der Waals surface area (Å²) in [5, 5.41) is 2.76. The lowest BCUT2D eigenvalue weighted by atomic mass is 9.83. The molecule has 2 aromatic rings. The van der Waals surface area contributed by atoms with Crippen LogP contribution in [0.15, 0.2) is 35.3 Å². The van der Waals surface area contributed by atoms with Gasteiger partial charge in [-0.25, -0.2) is 13.8 Å². The van der Waals surface area contributed by atoms with Gasteiger partial charge in [-0.2, -0.15) is 0 Å². The predicted molar refractivity (Wildman–Crippen MR) is 88.2 cm³/mol. The van der Waals surface area contributed by atoms with Crippen molar-refractivity contribution < 1.29 is 13.6 Å². The molecule has 3 rings (SSSR count). The molecule has 1 aromatic heterocycles. The number of amides is 1. The van der Waals surface area contributed by atoms with Crippen LogP contribution in [0.3, 0.4) is 0 Å². The Labute approximate surface area is 143 Å². The van der Waals surface area contributed by atoms with Gasteiger partial charge in [0.1, 0.15) is 11.6 Å². The highest BCUT2D eigenvalue weighted by atomic mass is 19.1. The largest absolute Gasteiger partial charge is 0.349 e. The molecule has 0 aliphatic heterocycles. The van der Waals surface area contributed by atoms with Crippen LogP contribution in [-0.2, 0) is 0 Å². The number of carbonyl (C=O) groups is 1. The number of nitrogens with zero attached hydrogens (tertiary/aromatic N) is 1. The Bertz CT molecular complexity index is 833. The third-order valence-electron chi connectivity index (χ3n) is 4.71. The number of rotatable bonds is 6. The fourth-order valence-electron chi connectivity index (χ4n) is 3.16. The molecule has 25 heavy (non-hydrogen) atoms. The van der Waals surface area contributed by atoms with Crippen molar-refractivity contribution >= 4 is 5.91 Å². The number of aromatic amines is 1. The summed E-state index contributed by atoms with van der Waals surface area (Å²) in [6.45, 7) is 2.22. The number of hydrogen-bond donors (Lipinski definition) is 2. The zero-order valence-electron chi connectivity index (χ0n) is 13.8. The van der Waals surface area contributed by atoms with E-state index in [1.807, 2.05) is 6.92 Å². The van der Waals surface area contributed by atoms with E-state index in [4.69, 9.17) is 0 Å². The molecular formula is C18H19F2N3O2. The number of halogens is 2. The zero-order valence-corrected chi connectivity index (χ0v) is 13.8. The molecule has 1 amide bonds. The number of H-pyrrole nitrogens is 1. The van der Waals surface area contributed by atoms with Gasteiger partial charge in [-0.05, 0) is 42.2 Å². The maximum atomic E-state index is 14.1. The molecule has 1 fully saturated rings. The monoisotopic (exact) mass is 347 g/mol. The van der Waals surface area contributed by atoms with Crippen molar-refractivity contribution in [3.63, 3.8) is 0 Å². The van der Waals surface area contributed by atoms with Gasteiger partial charge in [-0.1, -0.05) is 13.0 Å². The first-order valence-electron chi connectivity index (χ1n) is 8.24. The Hall–Kier alpha value is -2.57. The van der Waals surface area contributed by atoms with Crippen LogP contribution in [0.2, 0.25) is 0 Å². The van der Waals surface area contributed by atoms with E-state index >= 15 is 0 Å². The summed E-state index contributed by atoms with van der Waals surface area (Å²) < 4.78 is 27.2. The third kappa shape index (κ3) is 4.10. The summed E-state index contributed by atoms with van der Waals surface area (Å²) in [4.78, 5) is 29.6. The van der Waals surface area contributed by atoms with Crippen LogP contribution in [0, 0.1) is 23.5 Å². The van der Waals surface area contributed by atoms with E-state index in [2.05, 4.69) is 15.3 Å². The molecule has 1 aliphatic carbocycles. The fourth-order valence-corrected chi connectivity index (χ4v) is 3.16. The highest BCUT2D eigenvalue weighted by molar-refractivity contribution is 5.90. The molecular weight excluding hydrogens is 328 g/mol. The summed E-state index contributed by atoms with van der Waals surface area (Å²) in [5.41, 5.74) is 0.0411. The Morgan fingerprint density at radius 1 is 1.36 bits per heavy atom. The number of carbonyl (C=O) groups excluding carboxylic acids is 1. The molecule has 0 saturated heterocycles. The second-order valence-electron chi connectivity index (χ2n) is 6.45. The number of nitrogens with one attached hydrogen (secondary N) is 2. The van der Waals surface area contributed by atoms with E-state index in [1.165, 1.54) is 24.4 Å². The van der Waals surface area contributed by atoms with Crippen molar-refractivity contribution in [1.82, 2.24) is 15.3 Å². The van der Waals surface area contributed by atoms with E-state index in [-0.39, 0.29) is 17.7 Å². The molecule has 0 spiro atoms. The summed E-state index contributed by atoms with van der Waals surface area (Å²) in [6, 6.07) is 4.81. The van der Waals surface area contributed by atoms with Crippen LogP contribution < -0.4 is 10.9 Å². The predicted octanol–water partition coefficient (Wildman–Crippen LogP) is 2.61. The maximum absolute atomic E-state index is 14.1. The normalized spacial score (nSPS) is 16.3. The highest BCUT2D eigenvalue weighted by Crippen LogP contribution is 2.44. The number of benzene rings is 1. The minimum Gasteiger partial charge on any atom is -0.349 e. The fraction of sp³-hybridized carbons (Fsp3) is 0.389. The van der Waals surface area contributed by atoms with E-state index < -0.39 is 23.1 Å². The van der Waals surface area contributed by atoms with Gasteiger partial charge in [-0.3, -0.25) is 9.59 Å². The first-order chi connectivity index (χ1) is 12.0. The second-order valence-corrected chi connectivity index (χ2v) is 6.45. The van der Waals surface area contributed by atoms with E-state index in [1.54, 1.807) is 0 Å². The van der Waals surface area contributed by atoms with Crippen LogP contribution in [0.5, 0.6) is 0 Å². The average molecular weight is 347 g/mol. The Balaban J connectivity index is 1.71. The summed E-state index contributed by atoms with van der Waals surface area (Å²) >= 11 is 0. The quantitative estimate of drug-likeness (QED) is 0.843. The molecule has 1 heterocycles. The molecule has 0 radical (unpaired) electrons. The lowest BCUT2D eigenvalue weighted by molar-refractivity contribution is 0.0932. The Morgan fingerprint density at radius 2 is 2.12 bits per heavy atom. The van der Waals surface area contributed by atoms with Gasteiger partial charge in [0.25, 0.3) is 11.5 Å². The zero-order chi connectivity index (χ0) is 18.0. The van der Waals surface area contributed by atoms with E-state index in [0.717, 1.165) is 18.9 Å². The van der Waals surface area contributed by atoms with Crippen molar-refractivity contribution in [3.05, 3.63) is 63.8 Å². The van der Waals surface area contributed by atoms with Gasteiger partial charge in [0, 0.05) is 24.9 Å². The Morgan fingerprint density at radius 3 is 2.76 bits per heavy atom. The maximum Gasteiger partial charge on any atom is 0.287 e. The van der Waals surface area contributed by atoms with Crippen LogP contribution in [0.1, 0.15) is 41.9 Å². The molecule has 5 nitrogen and oxygen atoms in total. The molecule has 1 aliphatic rings. The van der Waals surface area contributed by atoms with Crippen molar-refractivity contribution in [2.24, 2.45) is 11.8 Å². The molecule has 2 N–H and O–H groups in total. The van der Waals surface area contributed by atoms with Crippen LogP contribution in [0.25, 0.3) is 0 Å². The summed E-state index contributed by atoms with van der Waals surface area (Å²) in [7, 11) is 0. The lowest BCUT2D eigenvalue weighted by Crippen LogP contribution is -2.34. The van der Waals surface area contributed by atoms with Crippen molar-refractivity contribution in [3.8, 4) is 0 Å². The SMILES string of the molecule is CC(c1ccc(F)cc1F)[C@@H](CNC(=O)c1nccc(=O)[nH]1)C1CC1. The topological polar surface area (TPSA) is 74.8 Å². The van der Waals surface area contributed by atoms with Crippen LogP contribution in [0.4, 0.5) is 8.78 Å². The molecule has 0 bridgehead atoms. The molecule has 132 valence electrons. The van der Waals surface area contributed by atoms with Gasteiger partial charge in [-0.15, -0.1) is 0 Å². The molecule has 7 heteroatoms. The third-order valence-corrected chi connectivity index (χ3v) is 4.71. The first kappa shape index (κ1) is 17.3.